The van der Waals surface area contributed by atoms with Gasteiger partial charge in [-0.3, -0.25) is 0 Å². The van der Waals surface area contributed by atoms with Crippen LogP contribution in [0.5, 0.6) is 0 Å². The first kappa shape index (κ1) is 20.4. The Kier molecular flexibility index (Phi) is 14.1. The summed E-state index contributed by atoms with van der Waals surface area (Å²) in [7, 11) is 0. The van der Waals surface area contributed by atoms with E-state index in [9.17, 15) is 0 Å². The fraction of sp³-hybridized carbons (Fsp3) is 1.00. The van der Waals surface area contributed by atoms with Crippen molar-refractivity contribution < 1.29 is 0 Å². The van der Waals surface area contributed by atoms with Gasteiger partial charge in [0, 0.05) is 16.0 Å². The Morgan fingerprint density at radius 3 is 1.53 bits per heavy atom. The Morgan fingerprint density at radius 2 is 1.37 bits per heavy atom. The molecule has 0 atom stereocenters. The van der Waals surface area contributed by atoms with Gasteiger partial charge in [0.2, 0.25) is 0 Å². The van der Waals surface area contributed by atoms with Crippen molar-refractivity contribution >= 4 is 47.8 Å². The second-order valence-corrected chi connectivity index (χ2v) is 8.60. The van der Waals surface area contributed by atoms with Gasteiger partial charge in [-0.1, -0.05) is 87.3 Å². The summed E-state index contributed by atoms with van der Waals surface area (Å²) in [6.07, 6.45) is 12.9. The van der Waals surface area contributed by atoms with Crippen LogP contribution >= 0.6 is 47.8 Å². The monoisotopic (exact) mass is 460 g/mol. The molecule has 0 spiro atoms. The molecule has 2 aliphatic carbocycles. The van der Waals surface area contributed by atoms with Gasteiger partial charge in [-0.05, 0) is 43.4 Å². The van der Waals surface area contributed by atoms with E-state index in [1.165, 1.54) is 63.1 Å². The zero-order valence-corrected chi connectivity index (χ0v) is 17.5. The minimum absolute atomic E-state index is 0.744. The molecule has 0 unspecified atom stereocenters. The van der Waals surface area contributed by atoms with Crippen LogP contribution < -0.4 is 0 Å². The summed E-state index contributed by atoms with van der Waals surface area (Å²) in [6.45, 7) is 4.72. The number of hydrogen-bond donors (Lipinski definition) is 0. The lowest BCUT2D eigenvalue weighted by Gasteiger charge is -2.38. The van der Waals surface area contributed by atoms with Crippen LogP contribution in [0.4, 0.5) is 0 Å². The van der Waals surface area contributed by atoms with E-state index in [4.69, 9.17) is 0 Å². The van der Waals surface area contributed by atoms with E-state index in [0.717, 1.165) is 22.0 Å². The van der Waals surface area contributed by atoms with Crippen molar-refractivity contribution in [1.82, 2.24) is 0 Å². The molecular weight excluding hydrogens is 432 g/mol. The fourth-order valence-corrected chi connectivity index (χ4v) is 3.78. The first-order chi connectivity index (χ1) is 9.08. The van der Waals surface area contributed by atoms with Crippen molar-refractivity contribution in [2.75, 3.05) is 16.0 Å². The van der Waals surface area contributed by atoms with E-state index < -0.39 is 0 Å². The first-order valence-corrected chi connectivity index (χ1v) is 11.1. The van der Waals surface area contributed by atoms with E-state index in [1.807, 2.05) is 0 Å². The SMILES string of the molecule is BrCCCBr.CC1(CCCBr)CCC1.CC1CCC1. The lowest BCUT2D eigenvalue weighted by atomic mass is 9.68. The van der Waals surface area contributed by atoms with Crippen molar-refractivity contribution in [2.24, 2.45) is 11.3 Å². The molecule has 0 bridgehead atoms. The average molecular weight is 463 g/mol. The molecule has 0 nitrogen and oxygen atoms in total. The largest absolute Gasteiger partial charge is 0.0928 e. The van der Waals surface area contributed by atoms with Gasteiger partial charge in [0.1, 0.15) is 0 Å². The summed E-state index contributed by atoms with van der Waals surface area (Å²) < 4.78 is 0. The van der Waals surface area contributed by atoms with Gasteiger partial charge in [0.15, 0.2) is 0 Å². The molecule has 0 aliphatic heterocycles. The molecule has 0 aromatic heterocycles. The summed E-state index contributed by atoms with van der Waals surface area (Å²) in [4.78, 5) is 0. The van der Waals surface area contributed by atoms with Crippen molar-refractivity contribution in [1.29, 1.82) is 0 Å². The molecule has 0 saturated heterocycles. The van der Waals surface area contributed by atoms with Crippen molar-refractivity contribution in [2.45, 2.75) is 71.6 Å². The number of halogens is 3. The quantitative estimate of drug-likeness (QED) is 0.375. The molecule has 116 valence electrons. The standard InChI is InChI=1S/C8H15Br.C5H10.C3H6Br2/c1-8(4-2-5-8)6-3-7-9;1-5-3-2-4-5;4-2-1-3-5/h2-7H2,1H3;5H,2-4H2,1H3;1-3H2. The molecule has 3 heteroatoms. The Morgan fingerprint density at radius 1 is 0.895 bits per heavy atom. The summed E-state index contributed by atoms with van der Waals surface area (Å²) in [6, 6.07) is 0. The van der Waals surface area contributed by atoms with Gasteiger partial charge in [0.05, 0.1) is 0 Å². The number of rotatable bonds is 5. The van der Waals surface area contributed by atoms with Crippen LogP contribution in [0.3, 0.4) is 0 Å². The predicted molar refractivity (Wildman–Crippen MR) is 100 cm³/mol. The highest BCUT2D eigenvalue weighted by atomic mass is 79.9. The molecular formula is C16H31Br3. The van der Waals surface area contributed by atoms with Gasteiger partial charge >= 0.3 is 0 Å². The Bertz CT molecular complexity index is 184. The third kappa shape index (κ3) is 11.7. The smallest absolute Gasteiger partial charge is 0.00392 e. The van der Waals surface area contributed by atoms with Crippen molar-refractivity contribution in [3.63, 3.8) is 0 Å². The number of hydrogen-bond acceptors (Lipinski definition) is 0. The van der Waals surface area contributed by atoms with Gasteiger partial charge < -0.3 is 0 Å². The highest BCUT2D eigenvalue weighted by Crippen LogP contribution is 2.44. The van der Waals surface area contributed by atoms with Crippen LogP contribution in [0.15, 0.2) is 0 Å². The Labute approximate surface area is 146 Å². The fourth-order valence-electron chi connectivity index (χ4n) is 2.19. The van der Waals surface area contributed by atoms with E-state index in [1.54, 1.807) is 0 Å². The molecule has 2 fully saturated rings. The summed E-state index contributed by atoms with van der Waals surface area (Å²) in [5, 5.41) is 3.40. The predicted octanol–water partition coefficient (Wildman–Crippen LogP) is 7.32. The van der Waals surface area contributed by atoms with E-state index in [0.29, 0.717) is 0 Å². The van der Waals surface area contributed by atoms with Crippen molar-refractivity contribution in [3.05, 3.63) is 0 Å². The zero-order valence-electron chi connectivity index (χ0n) is 12.7. The Hall–Kier alpha value is 1.44. The van der Waals surface area contributed by atoms with E-state index >= 15 is 0 Å². The van der Waals surface area contributed by atoms with Crippen LogP contribution in [0, 0.1) is 11.3 Å². The highest BCUT2D eigenvalue weighted by molar-refractivity contribution is 9.09. The summed E-state index contributed by atoms with van der Waals surface area (Å²) >= 11 is 10.0. The number of alkyl halides is 3. The lowest BCUT2D eigenvalue weighted by Crippen LogP contribution is -2.25. The maximum atomic E-state index is 3.46. The van der Waals surface area contributed by atoms with Gasteiger partial charge in [0.25, 0.3) is 0 Å². The normalized spacial score (nSPS) is 20.1. The lowest BCUT2D eigenvalue weighted by molar-refractivity contribution is 0.146. The van der Waals surface area contributed by atoms with Crippen LogP contribution in [0.25, 0.3) is 0 Å². The summed E-state index contributed by atoms with van der Waals surface area (Å²) in [5.41, 5.74) is 0.744. The molecule has 0 N–H and O–H groups in total. The third-order valence-electron chi connectivity index (χ3n) is 4.14. The van der Waals surface area contributed by atoms with Crippen molar-refractivity contribution in [3.8, 4) is 0 Å². The first-order valence-electron chi connectivity index (χ1n) is 7.76. The average Bonchev–Trinajstić information content (AvgIpc) is 2.34. The van der Waals surface area contributed by atoms with Crippen LogP contribution in [0.2, 0.25) is 0 Å². The molecule has 0 radical (unpaired) electrons. The molecule has 0 amide bonds. The zero-order chi connectivity index (χ0) is 14.6. The highest BCUT2D eigenvalue weighted by Gasteiger charge is 2.30. The topological polar surface area (TPSA) is 0 Å². The maximum Gasteiger partial charge on any atom is 0.00392 e. The minimum Gasteiger partial charge on any atom is -0.0928 e. The molecule has 19 heavy (non-hydrogen) atoms. The molecule has 2 aliphatic rings. The molecule has 0 heterocycles. The second-order valence-electron chi connectivity index (χ2n) is 6.22. The van der Waals surface area contributed by atoms with Crippen LogP contribution in [-0.4, -0.2) is 16.0 Å². The van der Waals surface area contributed by atoms with E-state index in [-0.39, 0.29) is 0 Å². The second kappa shape index (κ2) is 13.1. The van der Waals surface area contributed by atoms with Gasteiger partial charge in [-0.15, -0.1) is 0 Å². The summed E-state index contributed by atoms with van der Waals surface area (Å²) in [5.74, 6) is 1.06. The van der Waals surface area contributed by atoms with Crippen LogP contribution in [-0.2, 0) is 0 Å². The van der Waals surface area contributed by atoms with E-state index in [2.05, 4.69) is 61.6 Å². The molecule has 2 rings (SSSR count). The van der Waals surface area contributed by atoms with Crippen LogP contribution in [0.1, 0.15) is 71.6 Å². The van der Waals surface area contributed by atoms with Gasteiger partial charge in [-0.2, -0.15) is 0 Å². The molecule has 0 aromatic rings. The molecule has 0 aromatic carbocycles. The third-order valence-corrected chi connectivity index (χ3v) is 5.82. The van der Waals surface area contributed by atoms with Gasteiger partial charge in [-0.25, -0.2) is 0 Å². The minimum atomic E-state index is 0.744. The Balaban J connectivity index is 0.000000278. The maximum absolute atomic E-state index is 3.46. The molecule has 2 saturated carbocycles.